The van der Waals surface area contributed by atoms with E-state index in [4.69, 9.17) is 4.74 Å². The maximum absolute atomic E-state index is 12.4. The van der Waals surface area contributed by atoms with E-state index in [1.807, 2.05) is 25.1 Å². The molecular weight excluding hydrogens is 250 g/mol. The summed E-state index contributed by atoms with van der Waals surface area (Å²) < 4.78 is 5.06. The van der Waals surface area contributed by atoms with E-state index < -0.39 is 0 Å². The molecule has 3 nitrogen and oxygen atoms in total. The molecular formula is C17H19NO2. The lowest BCUT2D eigenvalue weighted by Crippen LogP contribution is -2.35. The Morgan fingerprint density at radius 3 is 2.75 bits per heavy atom. The summed E-state index contributed by atoms with van der Waals surface area (Å²) in [5.74, 6) is -0.0230. The number of benzene rings is 2. The highest BCUT2D eigenvalue weighted by atomic mass is 16.5. The van der Waals surface area contributed by atoms with Crippen molar-refractivity contribution in [3.63, 3.8) is 0 Å². The predicted octanol–water partition coefficient (Wildman–Crippen LogP) is 2.70. The molecule has 0 saturated heterocycles. The van der Waals surface area contributed by atoms with Crippen molar-refractivity contribution in [3.8, 4) is 0 Å². The number of carbonyl (C=O) groups is 1. The van der Waals surface area contributed by atoms with Crippen molar-refractivity contribution in [2.45, 2.75) is 25.8 Å². The average Bonchev–Trinajstić information content (AvgIpc) is 2.85. The molecule has 0 spiro atoms. The zero-order chi connectivity index (χ0) is 14.1. The third kappa shape index (κ3) is 2.18. The number of hydrogen-bond donors (Lipinski definition) is 1. The summed E-state index contributed by atoms with van der Waals surface area (Å²) in [6.07, 6.45) is 2.16. The molecule has 0 aromatic heterocycles. The molecule has 3 heteroatoms. The SMILES string of the molecule is COC[C@@H](C)NC(=O)c1ccc2c3c(cccc13)CC2. The largest absolute Gasteiger partial charge is 0.383 e. The van der Waals surface area contributed by atoms with Crippen molar-refractivity contribution in [2.75, 3.05) is 13.7 Å². The molecule has 1 aliphatic rings. The molecule has 0 radical (unpaired) electrons. The Kier molecular flexibility index (Phi) is 3.45. The molecule has 20 heavy (non-hydrogen) atoms. The van der Waals surface area contributed by atoms with Crippen LogP contribution < -0.4 is 5.32 Å². The van der Waals surface area contributed by atoms with Gasteiger partial charge in [-0.3, -0.25) is 4.79 Å². The summed E-state index contributed by atoms with van der Waals surface area (Å²) in [4.78, 5) is 12.4. The first kappa shape index (κ1) is 13.1. The first-order valence-corrected chi connectivity index (χ1v) is 7.04. The minimum atomic E-state index is -0.0230. The predicted molar refractivity (Wildman–Crippen MR) is 80.2 cm³/mol. The number of hydrogen-bond acceptors (Lipinski definition) is 2. The molecule has 0 aliphatic heterocycles. The second-order valence-electron chi connectivity index (χ2n) is 5.44. The van der Waals surface area contributed by atoms with Gasteiger partial charge < -0.3 is 10.1 Å². The third-order valence-corrected chi connectivity index (χ3v) is 3.92. The van der Waals surface area contributed by atoms with Gasteiger partial charge in [0.05, 0.1) is 6.61 Å². The van der Waals surface area contributed by atoms with Gasteiger partial charge in [-0.25, -0.2) is 0 Å². The van der Waals surface area contributed by atoms with Gasteiger partial charge in [0, 0.05) is 18.7 Å². The Labute approximate surface area is 118 Å². The van der Waals surface area contributed by atoms with Gasteiger partial charge in [0.2, 0.25) is 0 Å². The Morgan fingerprint density at radius 2 is 2.00 bits per heavy atom. The molecule has 2 aromatic rings. The molecule has 0 unspecified atom stereocenters. The van der Waals surface area contributed by atoms with Gasteiger partial charge in [-0.15, -0.1) is 0 Å². The number of methoxy groups -OCH3 is 1. The zero-order valence-corrected chi connectivity index (χ0v) is 11.9. The Hall–Kier alpha value is -1.87. The number of carbonyl (C=O) groups excluding carboxylic acids is 1. The van der Waals surface area contributed by atoms with Crippen LogP contribution in [0.2, 0.25) is 0 Å². The minimum Gasteiger partial charge on any atom is -0.383 e. The highest BCUT2D eigenvalue weighted by molar-refractivity contribution is 6.09. The molecule has 0 heterocycles. The van der Waals surface area contributed by atoms with Gasteiger partial charge in [0.15, 0.2) is 0 Å². The minimum absolute atomic E-state index is 0.00976. The van der Waals surface area contributed by atoms with E-state index in [1.165, 1.54) is 16.5 Å². The summed E-state index contributed by atoms with van der Waals surface area (Å²) in [7, 11) is 1.64. The molecule has 1 atom stereocenters. The highest BCUT2D eigenvalue weighted by Gasteiger charge is 2.19. The van der Waals surface area contributed by atoms with Crippen LogP contribution in [0, 0.1) is 0 Å². The van der Waals surface area contributed by atoms with Crippen molar-refractivity contribution >= 4 is 16.7 Å². The first-order valence-electron chi connectivity index (χ1n) is 7.04. The summed E-state index contributed by atoms with van der Waals surface area (Å²) in [5, 5.41) is 5.33. The van der Waals surface area contributed by atoms with Gasteiger partial charge in [0.1, 0.15) is 0 Å². The second-order valence-corrected chi connectivity index (χ2v) is 5.44. The fourth-order valence-electron chi connectivity index (χ4n) is 3.04. The zero-order valence-electron chi connectivity index (χ0n) is 11.9. The Morgan fingerprint density at radius 1 is 1.25 bits per heavy atom. The van der Waals surface area contributed by atoms with Crippen LogP contribution in [0.3, 0.4) is 0 Å². The van der Waals surface area contributed by atoms with Crippen LogP contribution >= 0.6 is 0 Å². The van der Waals surface area contributed by atoms with E-state index in [2.05, 4.69) is 17.4 Å². The maximum atomic E-state index is 12.4. The van der Waals surface area contributed by atoms with E-state index in [-0.39, 0.29) is 11.9 Å². The second kappa shape index (κ2) is 5.25. The topological polar surface area (TPSA) is 38.3 Å². The van der Waals surface area contributed by atoms with Crippen molar-refractivity contribution in [2.24, 2.45) is 0 Å². The quantitative estimate of drug-likeness (QED) is 0.926. The third-order valence-electron chi connectivity index (χ3n) is 3.92. The molecule has 1 N–H and O–H groups in total. The number of ether oxygens (including phenoxy) is 1. The molecule has 0 fully saturated rings. The van der Waals surface area contributed by atoms with Gasteiger partial charge in [-0.1, -0.05) is 24.3 Å². The fraction of sp³-hybridized carbons (Fsp3) is 0.353. The van der Waals surface area contributed by atoms with Crippen LogP contribution in [0.4, 0.5) is 0 Å². The van der Waals surface area contributed by atoms with Gasteiger partial charge in [-0.2, -0.15) is 0 Å². The lowest BCUT2D eigenvalue weighted by atomic mass is 9.99. The average molecular weight is 269 g/mol. The van der Waals surface area contributed by atoms with Crippen molar-refractivity contribution in [1.82, 2.24) is 5.32 Å². The molecule has 104 valence electrons. The summed E-state index contributed by atoms with van der Waals surface area (Å²) in [6.45, 7) is 2.47. The lowest BCUT2D eigenvalue weighted by Gasteiger charge is -2.14. The van der Waals surface area contributed by atoms with Gasteiger partial charge in [-0.05, 0) is 47.7 Å². The molecule has 1 amide bonds. The van der Waals surface area contributed by atoms with E-state index >= 15 is 0 Å². The Bertz CT molecular complexity index is 653. The fourth-order valence-corrected chi connectivity index (χ4v) is 3.04. The van der Waals surface area contributed by atoms with E-state index in [0.717, 1.165) is 23.8 Å². The van der Waals surface area contributed by atoms with E-state index in [0.29, 0.717) is 6.61 Å². The molecule has 0 bridgehead atoms. The van der Waals surface area contributed by atoms with Crippen LogP contribution in [-0.2, 0) is 17.6 Å². The van der Waals surface area contributed by atoms with Crippen molar-refractivity contribution in [3.05, 3.63) is 47.0 Å². The van der Waals surface area contributed by atoms with Crippen LogP contribution in [0.25, 0.3) is 10.8 Å². The van der Waals surface area contributed by atoms with Crippen LogP contribution in [0.1, 0.15) is 28.4 Å². The normalized spacial score (nSPS) is 14.5. The Balaban J connectivity index is 1.99. The lowest BCUT2D eigenvalue weighted by molar-refractivity contribution is 0.0907. The monoisotopic (exact) mass is 269 g/mol. The standard InChI is InChI=1S/C17H19NO2/c1-11(10-20-2)18-17(19)15-9-8-13-7-6-12-4-3-5-14(15)16(12)13/h3-5,8-9,11H,6-7,10H2,1-2H3,(H,18,19)/t11-/m1/s1. The van der Waals surface area contributed by atoms with Crippen LogP contribution in [0.15, 0.2) is 30.3 Å². The van der Waals surface area contributed by atoms with Gasteiger partial charge in [0.25, 0.3) is 5.91 Å². The molecule has 1 aliphatic carbocycles. The van der Waals surface area contributed by atoms with Crippen molar-refractivity contribution in [1.29, 1.82) is 0 Å². The van der Waals surface area contributed by atoms with Gasteiger partial charge >= 0.3 is 0 Å². The summed E-state index contributed by atoms with van der Waals surface area (Å²) in [5.41, 5.74) is 3.48. The first-order chi connectivity index (χ1) is 9.70. The number of aryl methyl sites for hydroxylation is 2. The number of amides is 1. The van der Waals surface area contributed by atoms with Crippen molar-refractivity contribution < 1.29 is 9.53 Å². The molecule has 2 aromatic carbocycles. The number of nitrogens with one attached hydrogen (secondary N) is 1. The summed E-state index contributed by atoms with van der Waals surface area (Å²) >= 11 is 0. The molecule has 3 rings (SSSR count). The van der Waals surface area contributed by atoms with E-state index in [1.54, 1.807) is 7.11 Å². The smallest absolute Gasteiger partial charge is 0.252 e. The molecule has 0 saturated carbocycles. The highest BCUT2D eigenvalue weighted by Crippen LogP contribution is 2.32. The van der Waals surface area contributed by atoms with Crippen LogP contribution in [0.5, 0.6) is 0 Å². The van der Waals surface area contributed by atoms with Crippen LogP contribution in [-0.4, -0.2) is 25.7 Å². The summed E-state index contributed by atoms with van der Waals surface area (Å²) in [6, 6.07) is 10.3. The van der Waals surface area contributed by atoms with E-state index in [9.17, 15) is 4.79 Å². The maximum Gasteiger partial charge on any atom is 0.252 e. The number of rotatable bonds is 4.